The molecule has 222 valence electrons. The number of aromatic nitrogens is 2. The average molecular weight is 611 g/mol. The van der Waals surface area contributed by atoms with Crippen molar-refractivity contribution in [2.75, 3.05) is 0 Å². The Kier molecular flexibility index (Phi) is 6.22. The molecule has 4 heteroatoms. The number of nitriles is 2. The second-order valence-electron chi connectivity index (χ2n) is 11.9. The monoisotopic (exact) mass is 610 g/mol. The zero-order valence-corrected chi connectivity index (χ0v) is 25.8. The van der Waals surface area contributed by atoms with Crippen LogP contribution in [0.25, 0.3) is 77.2 Å². The van der Waals surface area contributed by atoms with Gasteiger partial charge in [-0.1, -0.05) is 103 Å². The first-order valence-corrected chi connectivity index (χ1v) is 15.9. The Morgan fingerprint density at radius 2 is 0.917 bits per heavy atom. The Bertz CT molecular complexity index is 2750. The molecule has 0 unspecified atom stereocenters. The molecule has 0 aliphatic heterocycles. The molecular weight excluding hydrogens is 585 g/mol. The Labute approximate surface area is 277 Å². The highest BCUT2D eigenvalue weighted by atomic mass is 15.0. The largest absolute Gasteiger partial charge is 0.309 e. The molecule has 0 amide bonds. The summed E-state index contributed by atoms with van der Waals surface area (Å²) < 4.78 is 4.52. The zero-order chi connectivity index (χ0) is 32.2. The molecule has 2 aromatic heterocycles. The van der Waals surface area contributed by atoms with Gasteiger partial charge in [0.2, 0.25) is 0 Å². The van der Waals surface area contributed by atoms with Crippen molar-refractivity contribution in [2.24, 2.45) is 0 Å². The van der Waals surface area contributed by atoms with E-state index in [1.165, 1.54) is 10.8 Å². The number of fused-ring (bicyclic) bond motifs is 6. The lowest BCUT2D eigenvalue weighted by molar-refractivity contribution is 1.18. The molecule has 0 atom stereocenters. The smallest absolute Gasteiger partial charge is 0.0998 e. The Morgan fingerprint density at radius 1 is 0.396 bits per heavy atom. The summed E-state index contributed by atoms with van der Waals surface area (Å²) in [4.78, 5) is 0. The minimum absolute atomic E-state index is 0.622. The van der Waals surface area contributed by atoms with Crippen LogP contribution in [0.1, 0.15) is 11.1 Å². The molecule has 4 nitrogen and oxygen atoms in total. The molecule has 7 aromatic carbocycles. The number of nitrogens with zero attached hydrogens (tertiary/aromatic N) is 4. The Balaban J connectivity index is 1.24. The van der Waals surface area contributed by atoms with Crippen molar-refractivity contribution in [2.45, 2.75) is 0 Å². The number of rotatable bonds is 4. The van der Waals surface area contributed by atoms with E-state index in [-0.39, 0.29) is 0 Å². The van der Waals surface area contributed by atoms with Crippen molar-refractivity contribution in [3.63, 3.8) is 0 Å². The van der Waals surface area contributed by atoms with Gasteiger partial charge in [0, 0.05) is 32.8 Å². The summed E-state index contributed by atoms with van der Waals surface area (Å²) in [5, 5.41) is 24.7. The molecule has 0 N–H and O–H groups in total. The molecule has 0 aliphatic carbocycles. The molecule has 2 heterocycles. The number of hydrogen-bond donors (Lipinski definition) is 0. The van der Waals surface area contributed by atoms with E-state index in [0.29, 0.717) is 11.1 Å². The lowest BCUT2D eigenvalue weighted by Gasteiger charge is -2.18. The second kappa shape index (κ2) is 10.9. The standard InChI is InChI=1S/C44H26N4/c45-27-30-11-10-22-42(48-38-18-6-3-14-34(38)35-15-4-7-19-39(35)48)43(30)36-16-2-1-13-33(36)29-23-25-32(26-24-29)47-40-20-8-5-17-37(40)44-31(28-46)12-9-21-41(44)47/h1-26H. The minimum atomic E-state index is 0.622. The molecule has 0 radical (unpaired) electrons. The average Bonchev–Trinajstić information content (AvgIpc) is 3.68. The summed E-state index contributed by atoms with van der Waals surface area (Å²) in [5.74, 6) is 0. The summed E-state index contributed by atoms with van der Waals surface area (Å²) in [6.45, 7) is 0. The van der Waals surface area contributed by atoms with Gasteiger partial charge in [-0.15, -0.1) is 0 Å². The zero-order valence-electron chi connectivity index (χ0n) is 25.8. The predicted octanol–water partition coefficient (Wildman–Crippen LogP) is 11.0. The van der Waals surface area contributed by atoms with Gasteiger partial charge in [-0.05, 0) is 71.3 Å². The minimum Gasteiger partial charge on any atom is -0.309 e. The molecule has 0 bridgehead atoms. The predicted molar refractivity (Wildman–Crippen MR) is 195 cm³/mol. The first-order chi connectivity index (χ1) is 23.8. The van der Waals surface area contributed by atoms with Crippen LogP contribution >= 0.6 is 0 Å². The molecular formula is C44H26N4. The van der Waals surface area contributed by atoms with Crippen LogP contribution in [0.3, 0.4) is 0 Å². The fourth-order valence-corrected chi connectivity index (χ4v) is 7.42. The van der Waals surface area contributed by atoms with Crippen LogP contribution in [-0.4, -0.2) is 9.13 Å². The molecule has 0 saturated carbocycles. The lowest BCUT2D eigenvalue weighted by Crippen LogP contribution is -2.00. The van der Waals surface area contributed by atoms with Gasteiger partial charge in [0.1, 0.15) is 0 Å². The maximum absolute atomic E-state index is 10.5. The third-order valence-corrected chi connectivity index (χ3v) is 9.43. The highest BCUT2D eigenvalue weighted by Crippen LogP contribution is 2.42. The highest BCUT2D eigenvalue weighted by Gasteiger charge is 2.20. The molecule has 9 rings (SSSR count). The van der Waals surface area contributed by atoms with E-state index in [1.54, 1.807) is 0 Å². The lowest BCUT2D eigenvalue weighted by atomic mass is 9.90. The van der Waals surface area contributed by atoms with Crippen molar-refractivity contribution >= 4 is 43.6 Å². The summed E-state index contributed by atoms with van der Waals surface area (Å²) in [5.41, 5.74) is 11.5. The first-order valence-electron chi connectivity index (χ1n) is 15.9. The van der Waals surface area contributed by atoms with Crippen LogP contribution in [0, 0.1) is 22.7 Å². The van der Waals surface area contributed by atoms with E-state index in [0.717, 1.165) is 66.5 Å². The van der Waals surface area contributed by atoms with Crippen molar-refractivity contribution in [3.8, 4) is 45.8 Å². The fourth-order valence-electron chi connectivity index (χ4n) is 7.42. The SMILES string of the molecule is N#Cc1cccc(-n2c3ccccc3c3ccccc32)c1-c1ccccc1-c1ccc(-n2c3ccccc3c3c(C#N)cccc32)cc1. The van der Waals surface area contributed by atoms with Gasteiger partial charge < -0.3 is 9.13 Å². The molecule has 0 spiro atoms. The van der Waals surface area contributed by atoms with Gasteiger partial charge in [-0.2, -0.15) is 10.5 Å². The first kappa shape index (κ1) is 27.4. The number of para-hydroxylation sites is 3. The number of benzene rings is 7. The van der Waals surface area contributed by atoms with Crippen LogP contribution in [0.4, 0.5) is 0 Å². The number of hydrogen-bond acceptors (Lipinski definition) is 2. The molecule has 48 heavy (non-hydrogen) atoms. The topological polar surface area (TPSA) is 57.4 Å². The van der Waals surface area contributed by atoms with Gasteiger partial charge >= 0.3 is 0 Å². The van der Waals surface area contributed by atoms with Crippen LogP contribution in [0.15, 0.2) is 158 Å². The van der Waals surface area contributed by atoms with Crippen molar-refractivity contribution in [1.29, 1.82) is 10.5 Å². The van der Waals surface area contributed by atoms with Crippen molar-refractivity contribution < 1.29 is 0 Å². The van der Waals surface area contributed by atoms with E-state index in [4.69, 9.17) is 0 Å². The van der Waals surface area contributed by atoms with Crippen molar-refractivity contribution in [3.05, 3.63) is 169 Å². The maximum atomic E-state index is 10.5. The Hall–Kier alpha value is -6.88. The van der Waals surface area contributed by atoms with Crippen LogP contribution in [0.2, 0.25) is 0 Å². The highest BCUT2D eigenvalue weighted by molar-refractivity contribution is 6.12. The normalized spacial score (nSPS) is 11.3. The third-order valence-electron chi connectivity index (χ3n) is 9.43. The third kappa shape index (κ3) is 4.01. The van der Waals surface area contributed by atoms with Gasteiger partial charge in [-0.25, -0.2) is 0 Å². The van der Waals surface area contributed by atoms with Crippen molar-refractivity contribution in [1.82, 2.24) is 9.13 Å². The van der Waals surface area contributed by atoms with Gasteiger partial charge in [0.05, 0.1) is 51.0 Å². The van der Waals surface area contributed by atoms with E-state index < -0.39 is 0 Å². The summed E-state index contributed by atoms with van der Waals surface area (Å²) in [6.07, 6.45) is 0. The van der Waals surface area contributed by atoms with Gasteiger partial charge in [0.15, 0.2) is 0 Å². The van der Waals surface area contributed by atoms with Gasteiger partial charge in [0.25, 0.3) is 0 Å². The maximum Gasteiger partial charge on any atom is 0.0998 e. The van der Waals surface area contributed by atoms with E-state index in [1.807, 2.05) is 42.5 Å². The second-order valence-corrected chi connectivity index (χ2v) is 11.9. The summed E-state index contributed by atoms with van der Waals surface area (Å²) >= 11 is 0. The van der Waals surface area contributed by atoms with Gasteiger partial charge in [-0.3, -0.25) is 0 Å². The Morgan fingerprint density at radius 3 is 1.58 bits per heavy atom. The molecule has 0 saturated heterocycles. The quantitative estimate of drug-likeness (QED) is 0.199. The fraction of sp³-hybridized carbons (Fsp3) is 0. The van der Waals surface area contributed by atoms with Crippen LogP contribution in [-0.2, 0) is 0 Å². The summed E-state index contributed by atoms with van der Waals surface area (Å²) in [6, 6.07) is 58.9. The van der Waals surface area contributed by atoms with E-state index in [9.17, 15) is 10.5 Å². The molecule has 0 fully saturated rings. The van der Waals surface area contributed by atoms with Crippen LogP contribution in [0.5, 0.6) is 0 Å². The van der Waals surface area contributed by atoms with Crippen LogP contribution < -0.4 is 0 Å². The summed E-state index contributed by atoms with van der Waals surface area (Å²) in [7, 11) is 0. The van der Waals surface area contributed by atoms with E-state index >= 15 is 0 Å². The van der Waals surface area contributed by atoms with E-state index in [2.05, 4.69) is 137 Å². The molecule has 9 aromatic rings. The molecule has 0 aliphatic rings.